The fraction of sp³-hybridized carbons (Fsp3) is 0. The zero-order valence-corrected chi connectivity index (χ0v) is 9.03. The maximum absolute atomic E-state index is 4.57. The summed E-state index contributed by atoms with van der Waals surface area (Å²) in [4.78, 5) is 0. The summed E-state index contributed by atoms with van der Waals surface area (Å²) < 4.78 is 0. The van der Waals surface area contributed by atoms with Gasteiger partial charge in [0.2, 0.25) is 0 Å². The van der Waals surface area contributed by atoms with Crippen LogP contribution in [0.4, 0.5) is 0 Å². The first kappa shape index (κ1) is 169. The van der Waals surface area contributed by atoms with Gasteiger partial charge in [0.25, 0.3) is 0 Å². The Kier molecular flexibility index (Phi) is 7180. The molecule has 0 aliphatic carbocycles. The molecule has 0 rings (SSSR count). The van der Waals surface area contributed by atoms with Gasteiger partial charge in [-0.2, -0.15) is 0 Å². The van der Waals surface area contributed by atoms with Crippen LogP contribution < -0.4 is 55.6 Å². The Balaban J connectivity index is -0.000000000238. The molecule has 0 aromatic heterocycles. The van der Waals surface area contributed by atoms with Crippen molar-refractivity contribution in [2.75, 3.05) is 0 Å². The van der Waals surface area contributed by atoms with Crippen LogP contribution in [0.3, 0.4) is 0 Å². The number of hydrogen-bond donors (Lipinski definition) is 5. The van der Waals surface area contributed by atoms with E-state index in [1.807, 2.05) is 17.3 Å². The molecule has 0 aromatic rings. The molecule has 0 saturated carbocycles. The Morgan fingerprint density at radius 3 is 0.556 bits per heavy atom. The molecule has 0 heterocycles. The predicted octanol–water partition coefficient (Wildman–Crippen LogP) is -4.50. The van der Waals surface area contributed by atoms with Crippen molar-refractivity contribution >= 4 is 9.69 Å². The molecule has 0 fully saturated rings. The van der Waals surface area contributed by atoms with E-state index in [2.05, 4.69) is 9.69 Å². The summed E-state index contributed by atoms with van der Waals surface area (Å²) in [6.45, 7) is 0. The second-order valence-electron chi connectivity index (χ2n) is 0. The molecule has 0 radical (unpaired) electrons. The van der Waals surface area contributed by atoms with E-state index in [4.69, 9.17) is 0 Å². The average molecular weight is 293 g/mol. The van der Waals surface area contributed by atoms with E-state index in [0.717, 1.165) is 0 Å². The van der Waals surface area contributed by atoms with Gasteiger partial charge in [0, 0.05) is 0 Å². The van der Waals surface area contributed by atoms with Crippen molar-refractivity contribution in [1.82, 2.24) is 30.8 Å². The molecule has 9 heteroatoms. The standard InChI is InChI=1S/3ClH.5H3N.Ru/h3*1H;5*1H3;/q;;;;;;;;+3/p-3. The maximum atomic E-state index is 4.57. The zero-order valence-electron chi connectivity index (χ0n) is 5.02. The molecule has 0 bridgehead atoms. The molecule has 0 unspecified atom stereocenters. The van der Waals surface area contributed by atoms with Gasteiger partial charge in [-0.25, -0.2) is 0 Å². The first-order valence-corrected chi connectivity index (χ1v) is 2.37. The first-order valence-electron chi connectivity index (χ1n) is 0.134. The van der Waals surface area contributed by atoms with E-state index in [1.165, 1.54) is 0 Å². The molecule has 5 nitrogen and oxygen atoms in total. The van der Waals surface area contributed by atoms with Gasteiger partial charge in [-0.15, -0.1) is 0 Å². The van der Waals surface area contributed by atoms with Crippen molar-refractivity contribution in [2.45, 2.75) is 0 Å². The molecule has 0 spiro atoms. The Labute approximate surface area is 82.5 Å². The number of rotatable bonds is 0. The van der Waals surface area contributed by atoms with Gasteiger partial charge >= 0.3 is 27.0 Å². The normalized spacial score (nSPS) is 0.556. The molecule has 0 atom stereocenters. The van der Waals surface area contributed by atoms with E-state index >= 15 is 0 Å². The van der Waals surface area contributed by atoms with Crippen LogP contribution in [0.1, 0.15) is 0 Å². The van der Waals surface area contributed by atoms with Gasteiger partial charge in [0.15, 0.2) is 0 Å². The molecule has 0 aliphatic heterocycles. The third kappa shape index (κ3) is 296. The summed E-state index contributed by atoms with van der Waals surface area (Å²) in [6, 6.07) is 0. The Bertz CT molecular complexity index is 12.2. The zero-order chi connectivity index (χ0) is 2.00. The van der Waals surface area contributed by atoms with Gasteiger partial charge in [0.1, 0.15) is 0 Å². The second kappa shape index (κ2) is 382. The van der Waals surface area contributed by atoms with Crippen molar-refractivity contribution < 1.29 is 42.1 Å². The average Bonchev–Trinajstić information content (AvgIpc) is 1.00. The van der Waals surface area contributed by atoms with Crippen molar-refractivity contribution in [1.29, 1.82) is 0 Å². The SMILES string of the molecule is N.N.N.N.N.[Cl-].[Cl-].[Cl][Ru+2]. The fourth-order valence-electron chi connectivity index (χ4n) is 0. The van der Waals surface area contributed by atoms with E-state index in [0.29, 0.717) is 0 Å². The summed E-state index contributed by atoms with van der Waals surface area (Å²) in [5.74, 6) is 0. The predicted molar refractivity (Wildman–Crippen MR) is 31.0 cm³/mol. The minimum absolute atomic E-state index is 0. The summed E-state index contributed by atoms with van der Waals surface area (Å²) in [5, 5.41) is 0. The summed E-state index contributed by atoms with van der Waals surface area (Å²) in [7, 11) is 4.57. The molecule has 15 N–H and O–H groups in total. The summed E-state index contributed by atoms with van der Waals surface area (Å²) in [5.41, 5.74) is 0. The van der Waals surface area contributed by atoms with Gasteiger partial charge in [-0.1, -0.05) is 0 Å². The van der Waals surface area contributed by atoms with E-state index in [9.17, 15) is 0 Å². The van der Waals surface area contributed by atoms with Crippen LogP contribution in [0.5, 0.6) is 0 Å². The minimum atomic E-state index is 0. The van der Waals surface area contributed by atoms with Gasteiger partial charge in [-0.05, 0) is 0 Å². The first-order chi connectivity index (χ1) is 1.00. The van der Waals surface area contributed by atoms with Gasteiger partial charge in [0.05, 0.1) is 0 Å². The van der Waals surface area contributed by atoms with Crippen LogP contribution in [-0.4, -0.2) is 0 Å². The second-order valence-corrected chi connectivity index (χ2v) is 0. The molecule has 69 valence electrons. The third-order valence-electron chi connectivity index (χ3n) is 0. The third-order valence-corrected chi connectivity index (χ3v) is 0. The van der Waals surface area contributed by atoms with Crippen LogP contribution in [0.15, 0.2) is 0 Å². The van der Waals surface area contributed by atoms with Crippen LogP contribution in [0.2, 0.25) is 0 Å². The van der Waals surface area contributed by atoms with Gasteiger partial charge < -0.3 is 55.6 Å². The quantitative estimate of drug-likeness (QED) is 0.282. The van der Waals surface area contributed by atoms with E-state index in [-0.39, 0.29) is 55.6 Å². The summed E-state index contributed by atoms with van der Waals surface area (Å²) >= 11 is 1.82. The summed E-state index contributed by atoms with van der Waals surface area (Å²) in [6.07, 6.45) is 0. The van der Waals surface area contributed by atoms with E-state index in [1.54, 1.807) is 0 Å². The molecule has 0 saturated heterocycles. The van der Waals surface area contributed by atoms with Crippen LogP contribution in [0.25, 0.3) is 0 Å². The van der Waals surface area contributed by atoms with Crippen molar-refractivity contribution in [3.8, 4) is 0 Å². The topological polar surface area (TPSA) is 175 Å². The van der Waals surface area contributed by atoms with Crippen LogP contribution >= 0.6 is 9.69 Å². The molecule has 0 aliphatic rings. The Morgan fingerprint density at radius 1 is 0.556 bits per heavy atom. The molecular weight excluding hydrogens is 277 g/mol. The van der Waals surface area contributed by atoms with Crippen molar-refractivity contribution in [3.05, 3.63) is 0 Å². The van der Waals surface area contributed by atoms with Crippen LogP contribution in [0, 0.1) is 0 Å². The molecule has 0 amide bonds. The number of halogens is 3. The Hall–Kier alpha value is 1.29. The molecular formula is H15Cl3N5Ru. The van der Waals surface area contributed by atoms with Crippen LogP contribution in [-0.2, 0) is 17.3 Å². The fourth-order valence-corrected chi connectivity index (χ4v) is 0. The Morgan fingerprint density at radius 2 is 0.556 bits per heavy atom. The van der Waals surface area contributed by atoms with E-state index < -0.39 is 0 Å². The molecule has 0 aromatic carbocycles. The van der Waals surface area contributed by atoms with Gasteiger partial charge in [-0.3, -0.25) is 0 Å². The van der Waals surface area contributed by atoms with Crippen molar-refractivity contribution in [2.24, 2.45) is 0 Å². The van der Waals surface area contributed by atoms with Crippen molar-refractivity contribution in [3.63, 3.8) is 0 Å². The monoisotopic (exact) mass is 292 g/mol. The molecule has 9 heavy (non-hydrogen) atoms. The number of hydrogen-bond acceptors (Lipinski definition) is 5.